The summed E-state index contributed by atoms with van der Waals surface area (Å²) in [4.78, 5) is 6.55. The standard InChI is InChI=1S/C20H23N3O2/c1-15-11-18(23-8-7-21-14-23)5-4-17(15)12-22-9-10-24-20(13-22)19-6-3-16(2)25-19/h3-8,11,14,20H,9-10,12-13H2,1-2H3. The van der Waals surface area contributed by atoms with Gasteiger partial charge in [-0.25, -0.2) is 4.98 Å². The maximum Gasteiger partial charge on any atom is 0.134 e. The van der Waals surface area contributed by atoms with E-state index in [1.54, 1.807) is 6.20 Å². The third-order valence-electron chi connectivity index (χ3n) is 4.75. The Hall–Kier alpha value is -2.37. The predicted molar refractivity (Wildman–Crippen MR) is 95.7 cm³/mol. The van der Waals surface area contributed by atoms with Crippen LogP contribution in [0.3, 0.4) is 0 Å². The lowest BCUT2D eigenvalue weighted by atomic mass is 10.1. The molecule has 1 unspecified atom stereocenters. The summed E-state index contributed by atoms with van der Waals surface area (Å²) in [6.07, 6.45) is 5.61. The van der Waals surface area contributed by atoms with E-state index in [1.807, 2.05) is 36.1 Å². The Morgan fingerprint density at radius 1 is 1.20 bits per heavy atom. The van der Waals surface area contributed by atoms with Crippen molar-refractivity contribution in [3.05, 3.63) is 71.7 Å². The molecular formula is C20H23N3O2. The molecule has 0 radical (unpaired) electrons. The third-order valence-corrected chi connectivity index (χ3v) is 4.75. The minimum Gasteiger partial charge on any atom is -0.464 e. The number of hydrogen-bond acceptors (Lipinski definition) is 4. The van der Waals surface area contributed by atoms with Gasteiger partial charge in [0.25, 0.3) is 0 Å². The third kappa shape index (κ3) is 3.52. The lowest BCUT2D eigenvalue weighted by Gasteiger charge is -2.32. The van der Waals surface area contributed by atoms with Crippen LogP contribution in [-0.4, -0.2) is 34.1 Å². The molecule has 1 saturated heterocycles. The van der Waals surface area contributed by atoms with Gasteiger partial charge in [0.2, 0.25) is 0 Å². The Morgan fingerprint density at radius 2 is 2.12 bits per heavy atom. The van der Waals surface area contributed by atoms with Crippen molar-refractivity contribution in [1.82, 2.24) is 14.5 Å². The smallest absolute Gasteiger partial charge is 0.134 e. The molecule has 5 nitrogen and oxygen atoms in total. The van der Waals surface area contributed by atoms with Crippen LogP contribution in [0.4, 0.5) is 0 Å². The Labute approximate surface area is 147 Å². The van der Waals surface area contributed by atoms with E-state index in [0.717, 1.165) is 43.4 Å². The average Bonchev–Trinajstić information content (AvgIpc) is 3.29. The van der Waals surface area contributed by atoms with Crippen LogP contribution < -0.4 is 0 Å². The van der Waals surface area contributed by atoms with Crippen LogP contribution in [0.5, 0.6) is 0 Å². The zero-order chi connectivity index (χ0) is 17.2. The van der Waals surface area contributed by atoms with Crippen molar-refractivity contribution in [2.45, 2.75) is 26.5 Å². The minimum atomic E-state index is 0.0213. The molecule has 3 heterocycles. The van der Waals surface area contributed by atoms with Gasteiger partial charge in [-0.15, -0.1) is 0 Å². The lowest BCUT2D eigenvalue weighted by Crippen LogP contribution is -2.37. The average molecular weight is 337 g/mol. The highest BCUT2D eigenvalue weighted by atomic mass is 16.5. The first kappa shape index (κ1) is 16.1. The molecule has 1 aliphatic rings. The fraction of sp³-hybridized carbons (Fsp3) is 0.350. The summed E-state index contributed by atoms with van der Waals surface area (Å²) in [5, 5.41) is 0. The zero-order valence-electron chi connectivity index (χ0n) is 14.7. The number of hydrogen-bond donors (Lipinski definition) is 0. The number of benzene rings is 1. The molecule has 1 atom stereocenters. The van der Waals surface area contributed by atoms with Gasteiger partial charge in [-0.05, 0) is 49.2 Å². The highest BCUT2D eigenvalue weighted by Gasteiger charge is 2.24. The Bertz CT molecular complexity index is 839. The van der Waals surface area contributed by atoms with Crippen molar-refractivity contribution >= 4 is 0 Å². The van der Waals surface area contributed by atoms with E-state index in [-0.39, 0.29) is 6.10 Å². The highest BCUT2D eigenvalue weighted by molar-refractivity contribution is 5.40. The largest absolute Gasteiger partial charge is 0.464 e. The van der Waals surface area contributed by atoms with Crippen molar-refractivity contribution in [2.24, 2.45) is 0 Å². The van der Waals surface area contributed by atoms with Crippen molar-refractivity contribution in [3.8, 4) is 5.69 Å². The van der Waals surface area contributed by atoms with Gasteiger partial charge in [-0.3, -0.25) is 4.90 Å². The van der Waals surface area contributed by atoms with Crippen LogP contribution in [0.2, 0.25) is 0 Å². The molecule has 0 N–H and O–H groups in total. The highest BCUT2D eigenvalue weighted by Crippen LogP contribution is 2.25. The molecule has 1 fully saturated rings. The van der Waals surface area contributed by atoms with Crippen LogP contribution in [0.25, 0.3) is 5.69 Å². The topological polar surface area (TPSA) is 43.4 Å². The fourth-order valence-electron chi connectivity index (χ4n) is 3.32. The van der Waals surface area contributed by atoms with Gasteiger partial charge in [0.15, 0.2) is 0 Å². The minimum absolute atomic E-state index is 0.0213. The van der Waals surface area contributed by atoms with E-state index in [0.29, 0.717) is 0 Å². The molecule has 0 amide bonds. The van der Waals surface area contributed by atoms with Crippen LogP contribution in [0.1, 0.15) is 28.8 Å². The van der Waals surface area contributed by atoms with Crippen molar-refractivity contribution in [2.75, 3.05) is 19.7 Å². The molecule has 3 aromatic rings. The van der Waals surface area contributed by atoms with Crippen LogP contribution in [-0.2, 0) is 11.3 Å². The van der Waals surface area contributed by atoms with E-state index < -0.39 is 0 Å². The number of rotatable bonds is 4. The Morgan fingerprint density at radius 3 is 2.84 bits per heavy atom. The van der Waals surface area contributed by atoms with E-state index in [4.69, 9.17) is 9.15 Å². The van der Waals surface area contributed by atoms with Crippen molar-refractivity contribution in [1.29, 1.82) is 0 Å². The van der Waals surface area contributed by atoms with Crippen LogP contribution >= 0.6 is 0 Å². The summed E-state index contributed by atoms with van der Waals surface area (Å²) >= 11 is 0. The number of aromatic nitrogens is 2. The lowest BCUT2D eigenvalue weighted by molar-refractivity contribution is -0.0431. The molecule has 130 valence electrons. The molecular weight excluding hydrogens is 314 g/mol. The number of furan rings is 1. The maximum atomic E-state index is 5.90. The van der Waals surface area contributed by atoms with Crippen LogP contribution in [0.15, 0.2) is 53.5 Å². The van der Waals surface area contributed by atoms with Gasteiger partial charge < -0.3 is 13.7 Å². The summed E-state index contributed by atoms with van der Waals surface area (Å²) in [6, 6.07) is 10.6. The first-order valence-corrected chi connectivity index (χ1v) is 8.67. The number of aryl methyl sites for hydroxylation is 2. The second-order valence-electron chi connectivity index (χ2n) is 6.62. The SMILES string of the molecule is Cc1ccc(C2CN(Cc3ccc(-n4ccnc4)cc3C)CCO2)o1. The van der Waals surface area contributed by atoms with E-state index in [9.17, 15) is 0 Å². The molecule has 1 aliphatic heterocycles. The van der Waals surface area contributed by atoms with Crippen molar-refractivity contribution < 1.29 is 9.15 Å². The van der Waals surface area contributed by atoms with Gasteiger partial charge in [0.05, 0.1) is 12.9 Å². The Kier molecular flexibility index (Phi) is 4.42. The Balaban J connectivity index is 1.46. The molecule has 0 saturated carbocycles. The molecule has 0 bridgehead atoms. The van der Waals surface area contributed by atoms with Gasteiger partial charge in [-0.1, -0.05) is 6.07 Å². The van der Waals surface area contributed by atoms with E-state index >= 15 is 0 Å². The summed E-state index contributed by atoms with van der Waals surface area (Å²) < 4.78 is 13.7. The molecule has 0 aliphatic carbocycles. The summed E-state index contributed by atoms with van der Waals surface area (Å²) in [5.41, 5.74) is 3.79. The van der Waals surface area contributed by atoms with E-state index in [1.165, 1.54) is 11.1 Å². The second kappa shape index (κ2) is 6.86. The zero-order valence-corrected chi connectivity index (χ0v) is 14.7. The molecule has 5 heteroatoms. The summed E-state index contributed by atoms with van der Waals surface area (Å²) in [5.74, 6) is 1.86. The quantitative estimate of drug-likeness (QED) is 0.729. The number of nitrogens with zero attached hydrogens (tertiary/aromatic N) is 3. The molecule has 4 rings (SSSR count). The first-order chi connectivity index (χ1) is 12.2. The monoisotopic (exact) mass is 337 g/mol. The van der Waals surface area contributed by atoms with Gasteiger partial charge in [0.1, 0.15) is 17.6 Å². The number of ether oxygens (including phenoxy) is 1. The number of imidazole rings is 1. The van der Waals surface area contributed by atoms with Gasteiger partial charge in [-0.2, -0.15) is 0 Å². The van der Waals surface area contributed by atoms with Gasteiger partial charge in [0, 0.05) is 37.7 Å². The summed E-state index contributed by atoms with van der Waals surface area (Å²) in [6.45, 7) is 7.60. The van der Waals surface area contributed by atoms with E-state index in [2.05, 4.69) is 35.0 Å². The second-order valence-corrected chi connectivity index (χ2v) is 6.62. The van der Waals surface area contributed by atoms with Crippen LogP contribution in [0, 0.1) is 13.8 Å². The molecule has 0 spiro atoms. The van der Waals surface area contributed by atoms with Crippen molar-refractivity contribution in [3.63, 3.8) is 0 Å². The summed E-state index contributed by atoms with van der Waals surface area (Å²) in [7, 11) is 0. The normalized spacial score (nSPS) is 18.6. The number of morpholine rings is 1. The fourth-order valence-corrected chi connectivity index (χ4v) is 3.32. The van der Waals surface area contributed by atoms with Gasteiger partial charge >= 0.3 is 0 Å². The molecule has 1 aromatic carbocycles. The predicted octanol–water partition coefficient (Wildman–Crippen LogP) is 3.66. The maximum absolute atomic E-state index is 5.90. The molecule has 25 heavy (non-hydrogen) atoms. The molecule has 2 aromatic heterocycles. The first-order valence-electron chi connectivity index (χ1n) is 8.67.